The highest BCUT2D eigenvalue weighted by Crippen LogP contribution is 2.32. The van der Waals surface area contributed by atoms with Gasteiger partial charge in [-0.3, -0.25) is 24.6 Å². The van der Waals surface area contributed by atoms with Crippen LogP contribution >= 0.6 is 0 Å². The first-order valence-electron chi connectivity index (χ1n) is 8.48. The molecule has 0 spiro atoms. The number of amides is 2. The molecule has 1 fully saturated rings. The predicted molar refractivity (Wildman–Crippen MR) is 97.9 cm³/mol. The molecule has 2 rings (SSSR count). The van der Waals surface area contributed by atoms with Crippen LogP contribution < -0.4 is 10.1 Å². The van der Waals surface area contributed by atoms with Crippen LogP contribution in [0, 0.1) is 17.0 Å². The third-order valence-electron chi connectivity index (χ3n) is 4.18. The van der Waals surface area contributed by atoms with Crippen molar-refractivity contribution in [2.24, 2.45) is 0 Å². The zero-order valence-corrected chi connectivity index (χ0v) is 15.7. The number of nitrogens with one attached hydrogen (secondary N) is 1. The van der Waals surface area contributed by atoms with Crippen LogP contribution in [-0.4, -0.2) is 80.1 Å². The van der Waals surface area contributed by atoms with Crippen molar-refractivity contribution in [2.75, 3.05) is 58.9 Å². The van der Waals surface area contributed by atoms with E-state index < -0.39 is 4.92 Å². The van der Waals surface area contributed by atoms with Crippen LogP contribution in [0.15, 0.2) is 12.1 Å². The molecule has 0 aliphatic carbocycles. The molecular formula is C17H24N4O6. The Morgan fingerprint density at radius 2 is 2.00 bits per heavy atom. The maximum atomic E-state index is 12.3. The molecular weight excluding hydrogens is 356 g/mol. The SMILES string of the molecule is COc1cc(NC(=O)CN(C)CC(=O)N2CCOCC2)c(C)cc1[N+](=O)[O-]. The summed E-state index contributed by atoms with van der Waals surface area (Å²) in [5.74, 6) is -0.315. The Bertz CT molecular complexity index is 718. The highest BCUT2D eigenvalue weighted by molar-refractivity contribution is 5.94. The molecule has 10 nitrogen and oxygen atoms in total. The largest absolute Gasteiger partial charge is 0.490 e. The summed E-state index contributed by atoms with van der Waals surface area (Å²) in [6.07, 6.45) is 0. The van der Waals surface area contributed by atoms with E-state index in [1.807, 2.05) is 0 Å². The van der Waals surface area contributed by atoms with Crippen molar-refractivity contribution in [2.45, 2.75) is 6.92 Å². The molecule has 1 aromatic rings. The van der Waals surface area contributed by atoms with Gasteiger partial charge in [-0.25, -0.2) is 0 Å². The smallest absolute Gasteiger partial charge is 0.311 e. The minimum absolute atomic E-state index is 0.00875. The van der Waals surface area contributed by atoms with Crippen LogP contribution in [0.4, 0.5) is 11.4 Å². The fourth-order valence-corrected chi connectivity index (χ4v) is 2.75. The summed E-state index contributed by atoms with van der Waals surface area (Å²) in [5, 5.41) is 13.7. The Morgan fingerprint density at radius 1 is 1.33 bits per heavy atom. The first kappa shape index (κ1) is 20.6. The number of nitrogens with zero attached hydrogens (tertiary/aromatic N) is 3. The van der Waals surface area contributed by atoms with E-state index in [-0.39, 0.29) is 36.3 Å². The summed E-state index contributed by atoms with van der Waals surface area (Å²) >= 11 is 0. The van der Waals surface area contributed by atoms with Gasteiger partial charge in [0.05, 0.1) is 38.3 Å². The molecule has 1 aliphatic rings. The Balaban J connectivity index is 1.94. The lowest BCUT2D eigenvalue weighted by Gasteiger charge is -2.28. The minimum atomic E-state index is -0.539. The second kappa shape index (κ2) is 9.28. The van der Waals surface area contributed by atoms with Crippen molar-refractivity contribution in [1.82, 2.24) is 9.80 Å². The number of methoxy groups -OCH3 is 1. The molecule has 1 aliphatic heterocycles. The highest BCUT2D eigenvalue weighted by atomic mass is 16.6. The summed E-state index contributed by atoms with van der Waals surface area (Å²) in [6, 6.07) is 2.77. The van der Waals surface area contributed by atoms with E-state index in [0.717, 1.165) is 0 Å². The van der Waals surface area contributed by atoms with Gasteiger partial charge in [-0.15, -0.1) is 0 Å². The number of hydrogen-bond donors (Lipinski definition) is 1. The fourth-order valence-electron chi connectivity index (χ4n) is 2.75. The van der Waals surface area contributed by atoms with Gasteiger partial charge in [0.2, 0.25) is 11.8 Å². The van der Waals surface area contributed by atoms with Gasteiger partial charge in [0.1, 0.15) is 0 Å². The standard InChI is InChI=1S/C17H24N4O6/c1-12-8-14(21(24)25)15(26-3)9-13(12)18-16(22)10-19(2)11-17(23)20-4-6-27-7-5-20/h8-9H,4-7,10-11H2,1-3H3,(H,18,22). The molecule has 2 amide bonds. The average Bonchev–Trinajstić information content (AvgIpc) is 2.63. The predicted octanol–water partition coefficient (Wildman–Crippen LogP) is 0.641. The lowest BCUT2D eigenvalue weighted by atomic mass is 10.1. The van der Waals surface area contributed by atoms with Gasteiger partial charge in [0.25, 0.3) is 0 Å². The fraction of sp³-hybridized carbons (Fsp3) is 0.529. The maximum absolute atomic E-state index is 12.3. The molecule has 1 aromatic carbocycles. The van der Waals surface area contributed by atoms with Crippen LogP contribution in [0.1, 0.15) is 5.56 Å². The second-order valence-electron chi connectivity index (χ2n) is 6.31. The van der Waals surface area contributed by atoms with Gasteiger partial charge >= 0.3 is 5.69 Å². The van der Waals surface area contributed by atoms with Gasteiger partial charge in [-0.05, 0) is 19.5 Å². The minimum Gasteiger partial charge on any atom is -0.490 e. The molecule has 1 N–H and O–H groups in total. The monoisotopic (exact) mass is 380 g/mol. The zero-order valence-electron chi connectivity index (χ0n) is 15.7. The first-order chi connectivity index (χ1) is 12.8. The number of anilines is 1. The number of carbonyl (C=O) groups is 2. The number of benzene rings is 1. The molecule has 1 saturated heterocycles. The average molecular weight is 380 g/mol. The lowest BCUT2D eigenvalue weighted by Crippen LogP contribution is -2.46. The molecule has 148 valence electrons. The van der Waals surface area contributed by atoms with E-state index in [4.69, 9.17) is 9.47 Å². The molecule has 1 heterocycles. The number of nitro groups is 1. The summed E-state index contributed by atoms with van der Waals surface area (Å²) < 4.78 is 10.2. The van der Waals surface area contributed by atoms with E-state index in [2.05, 4.69) is 5.32 Å². The molecule has 0 bridgehead atoms. The molecule has 0 aromatic heterocycles. The Kier molecular flexibility index (Phi) is 7.08. The molecule has 0 unspecified atom stereocenters. The number of likely N-dealkylation sites (N-methyl/N-ethyl adjacent to an activating group) is 1. The third kappa shape index (κ3) is 5.63. The summed E-state index contributed by atoms with van der Waals surface area (Å²) in [4.78, 5) is 38.3. The van der Waals surface area contributed by atoms with Crippen molar-refractivity contribution in [3.8, 4) is 5.75 Å². The van der Waals surface area contributed by atoms with Crippen LogP contribution in [-0.2, 0) is 14.3 Å². The van der Waals surface area contributed by atoms with Crippen LogP contribution in [0.5, 0.6) is 5.75 Å². The Hall–Kier alpha value is -2.72. The first-order valence-corrected chi connectivity index (χ1v) is 8.48. The topological polar surface area (TPSA) is 114 Å². The Labute approximate surface area is 157 Å². The highest BCUT2D eigenvalue weighted by Gasteiger charge is 2.21. The summed E-state index contributed by atoms with van der Waals surface area (Å²) in [7, 11) is 3.01. The van der Waals surface area contributed by atoms with Gasteiger partial charge in [0, 0.05) is 30.9 Å². The van der Waals surface area contributed by atoms with Crippen molar-refractivity contribution < 1.29 is 24.0 Å². The van der Waals surface area contributed by atoms with Crippen molar-refractivity contribution in [1.29, 1.82) is 0 Å². The van der Waals surface area contributed by atoms with Crippen LogP contribution in [0.2, 0.25) is 0 Å². The van der Waals surface area contributed by atoms with Crippen molar-refractivity contribution in [3.05, 3.63) is 27.8 Å². The summed E-state index contributed by atoms with van der Waals surface area (Å²) in [6.45, 7) is 3.95. The van der Waals surface area contributed by atoms with Gasteiger partial charge in [-0.2, -0.15) is 0 Å². The second-order valence-corrected chi connectivity index (χ2v) is 6.31. The number of hydrogen-bond acceptors (Lipinski definition) is 7. The summed E-state index contributed by atoms with van der Waals surface area (Å²) in [5.41, 5.74) is 0.805. The molecule has 0 atom stereocenters. The van der Waals surface area contributed by atoms with E-state index in [1.165, 1.54) is 19.2 Å². The molecule has 0 saturated carbocycles. The van der Waals surface area contributed by atoms with E-state index in [1.54, 1.807) is 23.8 Å². The number of nitro benzene ring substituents is 1. The van der Waals surface area contributed by atoms with Crippen LogP contribution in [0.3, 0.4) is 0 Å². The van der Waals surface area contributed by atoms with E-state index in [9.17, 15) is 19.7 Å². The number of aryl methyl sites for hydroxylation is 1. The molecule has 0 radical (unpaired) electrons. The van der Waals surface area contributed by atoms with Gasteiger partial charge in [-0.1, -0.05) is 0 Å². The lowest BCUT2D eigenvalue weighted by molar-refractivity contribution is -0.385. The molecule has 10 heteroatoms. The van der Waals surface area contributed by atoms with Crippen LogP contribution in [0.25, 0.3) is 0 Å². The molecule has 27 heavy (non-hydrogen) atoms. The van der Waals surface area contributed by atoms with E-state index in [0.29, 0.717) is 37.6 Å². The maximum Gasteiger partial charge on any atom is 0.311 e. The van der Waals surface area contributed by atoms with Crippen molar-refractivity contribution in [3.63, 3.8) is 0 Å². The van der Waals surface area contributed by atoms with Gasteiger partial charge < -0.3 is 19.7 Å². The van der Waals surface area contributed by atoms with Crippen molar-refractivity contribution >= 4 is 23.2 Å². The van der Waals surface area contributed by atoms with E-state index >= 15 is 0 Å². The van der Waals surface area contributed by atoms with Gasteiger partial charge in [0.15, 0.2) is 5.75 Å². The Morgan fingerprint density at radius 3 is 2.59 bits per heavy atom. The zero-order chi connectivity index (χ0) is 20.0. The number of rotatable bonds is 7. The number of carbonyl (C=O) groups excluding carboxylic acids is 2. The normalized spacial score (nSPS) is 14.1. The third-order valence-corrected chi connectivity index (χ3v) is 4.18. The quantitative estimate of drug-likeness (QED) is 0.545. The number of morpholine rings is 1. The number of ether oxygens (including phenoxy) is 2.